The maximum atomic E-state index is 11.4. The molecule has 1 rings (SSSR count). The molecule has 1 heterocycles. The molecule has 1 aliphatic heterocycles. The highest BCUT2D eigenvalue weighted by molar-refractivity contribution is 5.67. The molecular formula is C14H28N2O3. The number of rotatable bonds is 6. The van der Waals surface area contributed by atoms with Crippen LogP contribution >= 0.6 is 0 Å². The van der Waals surface area contributed by atoms with E-state index in [0.717, 1.165) is 32.5 Å². The van der Waals surface area contributed by atoms with Crippen LogP contribution in [0.1, 0.15) is 40.5 Å². The van der Waals surface area contributed by atoms with Gasteiger partial charge in [-0.2, -0.15) is 0 Å². The van der Waals surface area contributed by atoms with Gasteiger partial charge < -0.3 is 20.1 Å². The zero-order valence-corrected chi connectivity index (χ0v) is 12.6. The van der Waals surface area contributed by atoms with Crippen LogP contribution < -0.4 is 10.6 Å². The number of amides is 1. The van der Waals surface area contributed by atoms with Crippen molar-refractivity contribution in [3.05, 3.63) is 0 Å². The van der Waals surface area contributed by atoms with Gasteiger partial charge in [-0.1, -0.05) is 6.92 Å². The Balaban J connectivity index is 2.03. The van der Waals surface area contributed by atoms with Crippen molar-refractivity contribution in [2.24, 2.45) is 5.92 Å². The summed E-state index contributed by atoms with van der Waals surface area (Å²) in [5, 5.41) is 6.09. The molecule has 0 radical (unpaired) electrons. The summed E-state index contributed by atoms with van der Waals surface area (Å²) in [6.07, 6.45) is 2.24. The maximum Gasteiger partial charge on any atom is 0.407 e. The minimum atomic E-state index is -0.437. The fourth-order valence-electron chi connectivity index (χ4n) is 2.23. The Hall–Kier alpha value is -0.810. The van der Waals surface area contributed by atoms with E-state index in [-0.39, 0.29) is 6.09 Å². The monoisotopic (exact) mass is 272 g/mol. The van der Waals surface area contributed by atoms with Crippen molar-refractivity contribution in [2.45, 2.75) is 52.2 Å². The lowest BCUT2D eigenvalue weighted by atomic mass is 10.00. The largest absolute Gasteiger partial charge is 0.444 e. The second-order valence-corrected chi connectivity index (χ2v) is 6.00. The molecule has 0 aromatic carbocycles. The molecule has 112 valence electrons. The number of nitrogens with one attached hydrogen (secondary N) is 2. The van der Waals surface area contributed by atoms with E-state index in [0.29, 0.717) is 18.6 Å². The maximum absolute atomic E-state index is 11.4. The van der Waals surface area contributed by atoms with Crippen molar-refractivity contribution >= 4 is 6.09 Å². The van der Waals surface area contributed by atoms with Gasteiger partial charge >= 0.3 is 6.09 Å². The van der Waals surface area contributed by atoms with E-state index in [1.807, 2.05) is 20.8 Å². The molecule has 1 saturated heterocycles. The van der Waals surface area contributed by atoms with Crippen LogP contribution in [0.3, 0.4) is 0 Å². The van der Waals surface area contributed by atoms with E-state index in [9.17, 15) is 4.79 Å². The summed E-state index contributed by atoms with van der Waals surface area (Å²) < 4.78 is 10.8. The Bertz CT molecular complexity index is 276. The predicted octanol–water partition coefficient (Wildman–Crippen LogP) is 1.92. The van der Waals surface area contributed by atoms with Crippen LogP contribution in [0, 0.1) is 5.92 Å². The second kappa shape index (κ2) is 7.70. The average molecular weight is 272 g/mol. The highest BCUT2D eigenvalue weighted by Crippen LogP contribution is 2.22. The highest BCUT2D eigenvalue weighted by atomic mass is 16.6. The zero-order valence-electron chi connectivity index (χ0n) is 12.6. The van der Waals surface area contributed by atoms with Crippen LogP contribution in [0.2, 0.25) is 0 Å². The van der Waals surface area contributed by atoms with Gasteiger partial charge in [-0.25, -0.2) is 4.79 Å². The number of carbonyl (C=O) groups is 1. The number of ether oxygens (including phenoxy) is 2. The van der Waals surface area contributed by atoms with Crippen molar-refractivity contribution in [1.29, 1.82) is 0 Å². The van der Waals surface area contributed by atoms with Gasteiger partial charge in [0.2, 0.25) is 0 Å². The topological polar surface area (TPSA) is 59.6 Å². The van der Waals surface area contributed by atoms with Crippen LogP contribution in [-0.4, -0.2) is 44.0 Å². The summed E-state index contributed by atoms with van der Waals surface area (Å²) in [5.74, 6) is 0.603. The first kappa shape index (κ1) is 16.2. The minimum absolute atomic E-state index is 0.357. The third-order valence-corrected chi connectivity index (χ3v) is 3.13. The summed E-state index contributed by atoms with van der Waals surface area (Å²) in [5.41, 5.74) is -0.437. The molecule has 2 unspecified atom stereocenters. The van der Waals surface area contributed by atoms with Crippen LogP contribution in [0.15, 0.2) is 0 Å². The van der Waals surface area contributed by atoms with Crippen molar-refractivity contribution < 1.29 is 14.3 Å². The van der Waals surface area contributed by atoms with Gasteiger partial charge in [-0.05, 0) is 39.5 Å². The molecule has 5 heteroatoms. The molecule has 0 aromatic rings. The predicted molar refractivity (Wildman–Crippen MR) is 75.2 cm³/mol. The Morgan fingerprint density at radius 3 is 2.74 bits per heavy atom. The van der Waals surface area contributed by atoms with E-state index in [1.54, 1.807) is 0 Å². The van der Waals surface area contributed by atoms with Gasteiger partial charge in [0, 0.05) is 26.2 Å². The van der Waals surface area contributed by atoms with Crippen molar-refractivity contribution in [3.63, 3.8) is 0 Å². The van der Waals surface area contributed by atoms with E-state index in [2.05, 4.69) is 17.6 Å². The summed E-state index contributed by atoms with van der Waals surface area (Å²) >= 11 is 0. The smallest absolute Gasteiger partial charge is 0.407 e. The standard InChI is InChI=1S/C14H28N2O3/c1-5-12-11(6-9-18-12)10-15-7-8-16-13(17)19-14(2,3)4/h11-12,15H,5-10H2,1-4H3,(H,16,17). The first-order chi connectivity index (χ1) is 8.92. The van der Waals surface area contributed by atoms with Crippen molar-refractivity contribution in [2.75, 3.05) is 26.2 Å². The summed E-state index contributed by atoms with van der Waals surface area (Å²) in [7, 11) is 0. The molecule has 1 fully saturated rings. The molecule has 0 bridgehead atoms. The van der Waals surface area contributed by atoms with Gasteiger partial charge in [-0.3, -0.25) is 0 Å². The zero-order chi connectivity index (χ0) is 14.3. The molecule has 1 aliphatic rings. The Kier molecular flexibility index (Phi) is 6.58. The van der Waals surface area contributed by atoms with Crippen LogP contribution in [-0.2, 0) is 9.47 Å². The third-order valence-electron chi connectivity index (χ3n) is 3.13. The van der Waals surface area contributed by atoms with Gasteiger partial charge in [0.1, 0.15) is 5.60 Å². The summed E-state index contributed by atoms with van der Waals surface area (Å²) in [6, 6.07) is 0. The number of hydrogen-bond acceptors (Lipinski definition) is 4. The molecule has 1 amide bonds. The second-order valence-electron chi connectivity index (χ2n) is 6.00. The molecule has 0 spiro atoms. The minimum Gasteiger partial charge on any atom is -0.444 e. The van der Waals surface area contributed by atoms with Crippen LogP contribution in [0.25, 0.3) is 0 Å². The van der Waals surface area contributed by atoms with Gasteiger partial charge in [0.25, 0.3) is 0 Å². The summed E-state index contributed by atoms with van der Waals surface area (Å²) in [4.78, 5) is 11.4. The fourth-order valence-corrected chi connectivity index (χ4v) is 2.23. The van der Waals surface area contributed by atoms with E-state index >= 15 is 0 Å². The van der Waals surface area contributed by atoms with Crippen molar-refractivity contribution in [3.8, 4) is 0 Å². The lowest BCUT2D eigenvalue weighted by molar-refractivity contribution is 0.0527. The molecule has 2 atom stereocenters. The number of alkyl carbamates (subject to hydrolysis) is 1. The van der Waals surface area contributed by atoms with E-state index < -0.39 is 5.60 Å². The van der Waals surface area contributed by atoms with Crippen molar-refractivity contribution in [1.82, 2.24) is 10.6 Å². The summed E-state index contributed by atoms with van der Waals surface area (Å²) in [6.45, 7) is 10.9. The first-order valence-electron chi connectivity index (χ1n) is 7.21. The molecule has 5 nitrogen and oxygen atoms in total. The molecule has 0 saturated carbocycles. The normalized spacial score (nSPS) is 23.4. The Labute approximate surface area is 116 Å². The number of hydrogen-bond donors (Lipinski definition) is 2. The average Bonchev–Trinajstić information content (AvgIpc) is 2.73. The molecule has 19 heavy (non-hydrogen) atoms. The first-order valence-corrected chi connectivity index (χ1v) is 7.21. The van der Waals surface area contributed by atoms with Crippen LogP contribution in [0.4, 0.5) is 4.79 Å². The SMILES string of the molecule is CCC1OCCC1CNCCNC(=O)OC(C)(C)C. The van der Waals surface area contributed by atoms with E-state index in [1.165, 1.54) is 0 Å². The van der Waals surface area contributed by atoms with Gasteiger partial charge in [0.15, 0.2) is 0 Å². The quantitative estimate of drug-likeness (QED) is 0.725. The molecule has 0 aliphatic carbocycles. The third kappa shape index (κ3) is 6.78. The van der Waals surface area contributed by atoms with Gasteiger partial charge in [0.05, 0.1) is 6.10 Å². The highest BCUT2D eigenvalue weighted by Gasteiger charge is 2.25. The fraction of sp³-hybridized carbons (Fsp3) is 0.929. The van der Waals surface area contributed by atoms with Gasteiger partial charge in [-0.15, -0.1) is 0 Å². The molecule has 0 aromatic heterocycles. The molecular weight excluding hydrogens is 244 g/mol. The Morgan fingerprint density at radius 1 is 1.37 bits per heavy atom. The number of carbonyl (C=O) groups excluding carboxylic acids is 1. The van der Waals surface area contributed by atoms with Crippen LogP contribution in [0.5, 0.6) is 0 Å². The molecule has 2 N–H and O–H groups in total. The Morgan fingerprint density at radius 2 is 2.11 bits per heavy atom. The lowest BCUT2D eigenvalue weighted by Crippen LogP contribution is -2.38. The lowest BCUT2D eigenvalue weighted by Gasteiger charge is -2.20. The van der Waals surface area contributed by atoms with E-state index in [4.69, 9.17) is 9.47 Å².